The zero-order valence-corrected chi connectivity index (χ0v) is 19.0. The minimum atomic E-state index is -2.03. The molecule has 2 saturated heterocycles. The highest BCUT2D eigenvalue weighted by molar-refractivity contribution is 6.31. The van der Waals surface area contributed by atoms with Crippen LogP contribution in [0.15, 0.2) is 48.7 Å². The van der Waals surface area contributed by atoms with E-state index in [2.05, 4.69) is 0 Å². The molecule has 1 aromatic heterocycles. The average molecular weight is 473 g/mol. The predicted octanol–water partition coefficient (Wildman–Crippen LogP) is 4.04. The number of fused-ring (bicyclic) bond motifs is 1. The third-order valence-electron chi connectivity index (χ3n) is 6.63. The van der Waals surface area contributed by atoms with Gasteiger partial charge in [0, 0.05) is 47.5 Å². The first kappa shape index (κ1) is 22.2. The number of carbonyl (C=O) groups is 1. The van der Waals surface area contributed by atoms with Gasteiger partial charge in [-0.15, -0.1) is 0 Å². The maximum absolute atomic E-state index is 13.6. The summed E-state index contributed by atoms with van der Waals surface area (Å²) in [6, 6.07) is 10.8. The van der Waals surface area contributed by atoms with Gasteiger partial charge in [-0.05, 0) is 62.2 Å². The van der Waals surface area contributed by atoms with Crippen LogP contribution >= 0.6 is 11.6 Å². The minimum absolute atomic E-state index is 0.240. The van der Waals surface area contributed by atoms with Gasteiger partial charge in [0.25, 0.3) is 0 Å². The topological polar surface area (TPSA) is 72.2 Å². The zero-order valence-electron chi connectivity index (χ0n) is 18.3. The van der Waals surface area contributed by atoms with Crippen LogP contribution in [0.4, 0.5) is 9.18 Å². The Hall–Kier alpha value is -2.65. The van der Waals surface area contributed by atoms with Crippen molar-refractivity contribution in [2.75, 3.05) is 19.6 Å². The Labute approximate surface area is 196 Å². The first-order valence-corrected chi connectivity index (χ1v) is 11.6. The fourth-order valence-electron chi connectivity index (χ4n) is 4.98. The van der Waals surface area contributed by atoms with E-state index in [4.69, 9.17) is 11.6 Å². The largest absolute Gasteiger partial charge is 0.369 e. The smallest absolute Gasteiger partial charge is 0.339 e. The lowest BCUT2D eigenvalue weighted by Gasteiger charge is -2.42. The second-order valence-electron chi connectivity index (χ2n) is 8.55. The van der Waals surface area contributed by atoms with Crippen LogP contribution in [0, 0.1) is 5.82 Å². The fourth-order valence-corrected chi connectivity index (χ4v) is 5.16. The number of benzene rings is 2. The lowest BCUT2D eigenvalue weighted by Crippen LogP contribution is -2.57. The van der Waals surface area contributed by atoms with Crippen molar-refractivity contribution in [1.82, 2.24) is 19.5 Å². The van der Waals surface area contributed by atoms with E-state index in [0.29, 0.717) is 40.3 Å². The van der Waals surface area contributed by atoms with E-state index in [-0.39, 0.29) is 12.4 Å². The number of amides is 2. The first-order chi connectivity index (χ1) is 15.9. The maximum Gasteiger partial charge on any atom is 0.339 e. The second kappa shape index (κ2) is 8.29. The molecule has 0 saturated carbocycles. The number of aromatic nitrogens is 1. The molecule has 7 nitrogen and oxygen atoms in total. The molecule has 3 heterocycles. The first-order valence-electron chi connectivity index (χ1n) is 11.2. The van der Waals surface area contributed by atoms with Crippen molar-refractivity contribution in [3.63, 3.8) is 0 Å². The third kappa shape index (κ3) is 3.40. The van der Waals surface area contributed by atoms with Crippen LogP contribution in [-0.4, -0.2) is 61.6 Å². The van der Waals surface area contributed by atoms with Crippen LogP contribution in [0.25, 0.3) is 16.6 Å². The van der Waals surface area contributed by atoms with Crippen LogP contribution in [0.2, 0.25) is 5.02 Å². The van der Waals surface area contributed by atoms with Gasteiger partial charge in [0.15, 0.2) is 6.23 Å². The Morgan fingerprint density at radius 1 is 1.12 bits per heavy atom. The zero-order chi connectivity index (χ0) is 23.3. The minimum Gasteiger partial charge on any atom is -0.369 e. The molecule has 174 valence electrons. The average Bonchev–Trinajstić information content (AvgIpc) is 3.28. The Morgan fingerprint density at radius 2 is 1.82 bits per heavy atom. The number of aliphatic hydroxyl groups excluding tert-OH is 1. The molecule has 5 rings (SSSR count). The molecule has 3 aromatic rings. The van der Waals surface area contributed by atoms with Gasteiger partial charge in [-0.3, -0.25) is 4.90 Å². The number of likely N-dealkylation sites (N-methyl/N-ethyl adjacent to an activating group) is 1. The van der Waals surface area contributed by atoms with Gasteiger partial charge in [0.1, 0.15) is 5.82 Å². The van der Waals surface area contributed by atoms with Gasteiger partial charge in [-0.25, -0.2) is 19.2 Å². The number of nitrogens with zero attached hydrogens (tertiary/aromatic N) is 4. The molecule has 9 heteroatoms. The van der Waals surface area contributed by atoms with Crippen LogP contribution in [0.3, 0.4) is 0 Å². The van der Waals surface area contributed by atoms with E-state index in [1.165, 1.54) is 22.0 Å². The van der Waals surface area contributed by atoms with Gasteiger partial charge in [-0.1, -0.05) is 18.0 Å². The van der Waals surface area contributed by atoms with Gasteiger partial charge in [0.2, 0.25) is 5.72 Å². The molecular weight excluding hydrogens is 447 g/mol. The van der Waals surface area contributed by atoms with Crippen molar-refractivity contribution in [2.45, 2.75) is 38.1 Å². The molecule has 2 aromatic carbocycles. The van der Waals surface area contributed by atoms with E-state index in [0.717, 1.165) is 19.3 Å². The summed E-state index contributed by atoms with van der Waals surface area (Å²) in [5.74, 6) is -0.358. The standard InChI is InChI=1S/C24H26ClFN4O3/c1-2-28-22(31)24(33,30(23(28)32)27-12-4-3-5-13-27)20-15-29(18-9-7-17(26)8-10-18)21-11-6-16(25)14-19(20)21/h6-11,14-15,22,31,33H,2-5,12-13H2,1H3. The number of hydrogen-bond acceptors (Lipinski definition) is 4. The Morgan fingerprint density at radius 3 is 2.48 bits per heavy atom. The van der Waals surface area contributed by atoms with Gasteiger partial charge >= 0.3 is 6.03 Å². The summed E-state index contributed by atoms with van der Waals surface area (Å²) in [5, 5.41) is 27.6. The van der Waals surface area contributed by atoms with E-state index in [1.54, 1.807) is 48.0 Å². The number of halogens is 2. The van der Waals surface area contributed by atoms with Crippen molar-refractivity contribution < 1.29 is 19.4 Å². The van der Waals surface area contributed by atoms with Gasteiger partial charge in [0.05, 0.1) is 5.52 Å². The lowest BCUT2D eigenvalue weighted by atomic mass is 10.00. The monoisotopic (exact) mass is 472 g/mol. The summed E-state index contributed by atoms with van der Waals surface area (Å²) in [7, 11) is 0. The quantitative estimate of drug-likeness (QED) is 0.601. The number of piperidine rings is 1. The van der Waals surface area contributed by atoms with Crippen molar-refractivity contribution in [3.8, 4) is 5.69 Å². The molecule has 0 radical (unpaired) electrons. The molecule has 0 aliphatic carbocycles. The molecule has 2 aliphatic rings. The maximum atomic E-state index is 13.6. The molecule has 33 heavy (non-hydrogen) atoms. The number of hydrazine groups is 1. The van der Waals surface area contributed by atoms with Crippen molar-refractivity contribution in [1.29, 1.82) is 0 Å². The summed E-state index contributed by atoms with van der Waals surface area (Å²) in [5.41, 5.74) is -0.290. The molecule has 2 amide bonds. The molecule has 2 fully saturated rings. The summed E-state index contributed by atoms with van der Waals surface area (Å²) in [4.78, 5) is 14.6. The number of aliphatic hydroxyl groups is 2. The highest BCUT2D eigenvalue weighted by Crippen LogP contribution is 2.44. The van der Waals surface area contributed by atoms with Crippen LogP contribution in [-0.2, 0) is 5.72 Å². The molecular formula is C24H26ClFN4O3. The summed E-state index contributed by atoms with van der Waals surface area (Å²) < 4.78 is 15.4. The van der Waals surface area contributed by atoms with Crippen LogP contribution in [0.5, 0.6) is 0 Å². The Bertz CT molecular complexity index is 1190. The van der Waals surface area contributed by atoms with E-state index in [9.17, 15) is 19.4 Å². The number of hydrogen-bond donors (Lipinski definition) is 2. The van der Waals surface area contributed by atoms with Gasteiger partial charge < -0.3 is 14.8 Å². The van der Waals surface area contributed by atoms with Crippen molar-refractivity contribution >= 4 is 28.5 Å². The second-order valence-corrected chi connectivity index (χ2v) is 8.98. The number of rotatable bonds is 4. The summed E-state index contributed by atoms with van der Waals surface area (Å²) >= 11 is 6.32. The van der Waals surface area contributed by atoms with Crippen molar-refractivity contribution in [2.24, 2.45) is 0 Å². The number of urea groups is 1. The van der Waals surface area contributed by atoms with Crippen molar-refractivity contribution in [3.05, 3.63) is 65.1 Å². The SMILES string of the molecule is CCN1C(=O)N(N2CCCCC2)C(O)(c2cn(-c3ccc(F)cc3)c3ccc(Cl)cc23)C1O. The molecule has 0 bridgehead atoms. The van der Waals surface area contributed by atoms with E-state index >= 15 is 0 Å². The highest BCUT2D eigenvalue weighted by atomic mass is 35.5. The normalized spacial score (nSPS) is 24.3. The summed E-state index contributed by atoms with van der Waals surface area (Å²) in [6.45, 7) is 3.22. The Kier molecular flexibility index (Phi) is 5.56. The summed E-state index contributed by atoms with van der Waals surface area (Å²) in [6.07, 6.45) is 3.05. The van der Waals surface area contributed by atoms with E-state index < -0.39 is 18.0 Å². The number of carbonyl (C=O) groups excluding carboxylic acids is 1. The van der Waals surface area contributed by atoms with Gasteiger partial charge in [-0.2, -0.15) is 0 Å². The van der Waals surface area contributed by atoms with Crippen LogP contribution < -0.4 is 0 Å². The lowest BCUT2D eigenvalue weighted by molar-refractivity contribution is -0.223. The molecule has 2 aliphatic heterocycles. The molecule has 2 unspecified atom stereocenters. The fraction of sp³-hybridized carbons (Fsp3) is 0.375. The highest BCUT2D eigenvalue weighted by Gasteiger charge is 2.60. The Balaban J connectivity index is 1.74. The third-order valence-corrected chi connectivity index (χ3v) is 6.86. The van der Waals surface area contributed by atoms with E-state index in [1.807, 2.05) is 5.01 Å². The molecule has 0 spiro atoms. The predicted molar refractivity (Wildman–Crippen MR) is 123 cm³/mol. The van der Waals surface area contributed by atoms with Crippen LogP contribution in [0.1, 0.15) is 31.7 Å². The molecule has 2 N–H and O–H groups in total. The molecule has 2 atom stereocenters.